The number of hydrogen-bond donors (Lipinski definition) is 2. The Morgan fingerprint density at radius 1 is 1.31 bits per heavy atom. The van der Waals surface area contributed by atoms with Crippen molar-refractivity contribution < 1.29 is 14.4 Å². The van der Waals surface area contributed by atoms with E-state index in [0.29, 0.717) is 27.9 Å². The molecule has 2 aromatic rings. The van der Waals surface area contributed by atoms with Crippen molar-refractivity contribution in [1.29, 1.82) is 0 Å². The zero-order valence-electron chi connectivity index (χ0n) is 15.0. The molecule has 0 aliphatic carbocycles. The molecule has 8 heteroatoms. The van der Waals surface area contributed by atoms with Crippen LogP contribution in [0.3, 0.4) is 0 Å². The van der Waals surface area contributed by atoms with Gasteiger partial charge in [0.15, 0.2) is 5.76 Å². The summed E-state index contributed by atoms with van der Waals surface area (Å²) >= 11 is 5.97. The van der Waals surface area contributed by atoms with Gasteiger partial charge in [-0.2, -0.15) is 9.84 Å². The van der Waals surface area contributed by atoms with E-state index in [0.717, 1.165) is 9.80 Å². The minimum absolute atomic E-state index is 0.324. The van der Waals surface area contributed by atoms with E-state index in [1.807, 2.05) is 0 Å². The van der Waals surface area contributed by atoms with Crippen LogP contribution in [-0.4, -0.2) is 37.6 Å². The number of hydroxylamine groups is 3. The lowest BCUT2D eigenvalue weighted by Crippen LogP contribution is -2.57. The van der Waals surface area contributed by atoms with Gasteiger partial charge in [-0.25, -0.2) is 0 Å². The first kappa shape index (κ1) is 18.4. The summed E-state index contributed by atoms with van der Waals surface area (Å²) in [5, 5.41) is 29.8. The standard InChI is InChI=1S/C18H21ClN4O3/c1-12(20-21-14-8-5-7-13(19)11-14)18(4)22(24)16(15-9-6-10-26-15)17(2,3)23(18)25/h5-11,21,25H,1-4H3/b20-12-/t18-/m1/s1. The molecule has 0 bridgehead atoms. The normalized spacial score (nSPS) is 23.5. The number of anilines is 1. The lowest BCUT2D eigenvalue weighted by Gasteiger charge is -2.32. The van der Waals surface area contributed by atoms with E-state index in [-0.39, 0.29) is 0 Å². The Balaban J connectivity index is 2.00. The van der Waals surface area contributed by atoms with Crippen LogP contribution in [0.2, 0.25) is 5.02 Å². The quantitative estimate of drug-likeness (QED) is 0.365. The third-order valence-corrected chi connectivity index (χ3v) is 4.97. The van der Waals surface area contributed by atoms with Crippen LogP contribution >= 0.6 is 11.6 Å². The van der Waals surface area contributed by atoms with E-state index >= 15 is 0 Å². The van der Waals surface area contributed by atoms with Crippen LogP contribution in [-0.2, 0) is 0 Å². The van der Waals surface area contributed by atoms with Gasteiger partial charge in [-0.1, -0.05) is 17.7 Å². The maximum atomic E-state index is 13.1. The molecular formula is C18H21ClN4O3. The fraction of sp³-hybridized carbons (Fsp3) is 0.333. The molecular weight excluding hydrogens is 356 g/mol. The fourth-order valence-electron chi connectivity index (χ4n) is 3.12. The largest absolute Gasteiger partial charge is 0.622 e. The number of rotatable bonds is 4. The third kappa shape index (κ3) is 2.78. The lowest BCUT2D eigenvalue weighted by atomic mass is 9.96. The van der Waals surface area contributed by atoms with Crippen molar-refractivity contribution in [3.8, 4) is 0 Å². The topological polar surface area (TPSA) is 87.1 Å². The number of hydrazone groups is 1. The molecule has 1 aromatic heterocycles. The summed E-state index contributed by atoms with van der Waals surface area (Å²) in [5.41, 5.74) is 1.88. The number of furan rings is 1. The first-order chi connectivity index (χ1) is 12.2. The molecule has 0 amide bonds. The first-order valence-corrected chi connectivity index (χ1v) is 8.51. The molecule has 3 rings (SSSR count). The predicted octanol–water partition coefficient (Wildman–Crippen LogP) is 3.92. The van der Waals surface area contributed by atoms with E-state index in [9.17, 15) is 10.4 Å². The molecule has 1 aliphatic heterocycles. The van der Waals surface area contributed by atoms with Crippen molar-refractivity contribution in [2.75, 3.05) is 5.43 Å². The molecule has 2 N–H and O–H groups in total. The van der Waals surface area contributed by atoms with Gasteiger partial charge in [0.2, 0.25) is 0 Å². The maximum absolute atomic E-state index is 13.1. The summed E-state index contributed by atoms with van der Waals surface area (Å²) < 4.78 is 6.14. The molecule has 1 aromatic carbocycles. The summed E-state index contributed by atoms with van der Waals surface area (Å²) in [6, 6.07) is 10.4. The Bertz CT molecular complexity index is 876. The first-order valence-electron chi connectivity index (χ1n) is 8.13. The number of nitrogens with one attached hydrogen (secondary N) is 1. The second kappa shape index (κ2) is 6.42. The molecule has 0 spiro atoms. The van der Waals surface area contributed by atoms with Crippen LogP contribution in [0, 0.1) is 5.21 Å². The van der Waals surface area contributed by atoms with Crippen LogP contribution < -0.4 is 5.43 Å². The van der Waals surface area contributed by atoms with Crippen LogP contribution in [0.5, 0.6) is 0 Å². The van der Waals surface area contributed by atoms with E-state index in [1.165, 1.54) is 6.26 Å². The van der Waals surface area contributed by atoms with Crippen LogP contribution in [0.25, 0.3) is 0 Å². The highest BCUT2D eigenvalue weighted by Gasteiger charge is 2.62. The molecule has 0 radical (unpaired) electrons. The van der Waals surface area contributed by atoms with Gasteiger partial charge in [0, 0.05) is 11.9 Å². The van der Waals surface area contributed by atoms with Crippen molar-refractivity contribution in [3.05, 3.63) is 58.7 Å². The van der Waals surface area contributed by atoms with Crippen LogP contribution in [0.4, 0.5) is 5.69 Å². The van der Waals surface area contributed by atoms with Crippen molar-refractivity contribution in [2.24, 2.45) is 5.10 Å². The highest BCUT2D eigenvalue weighted by atomic mass is 35.5. The average Bonchev–Trinajstić information content (AvgIpc) is 3.15. The van der Waals surface area contributed by atoms with Crippen LogP contribution in [0.1, 0.15) is 33.5 Å². The summed E-state index contributed by atoms with van der Waals surface area (Å²) in [6.07, 6.45) is 1.49. The second-order valence-corrected chi connectivity index (χ2v) is 7.27. The number of nitrogens with zero attached hydrogens (tertiary/aromatic N) is 3. The molecule has 138 valence electrons. The van der Waals surface area contributed by atoms with Gasteiger partial charge in [-0.05, 0) is 51.1 Å². The molecule has 26 heavy (non-hydrogen) atoms. The van der Waals surface area contributed by atoms with Gasteiger partial charge in [-0.15, -0.1) is 5.06 Å². The SMILES string of the molecule is C/C(=N/Nc1cccc(Cl)c1)[C@@]1(C)N(O)C(C)(C)C(c2ccco2)=[N+]1[O-]. The van der Waals surface area contributed by atoms with Gasteiger partial charge in [-0.3, -0.25) is 5.43 Å². The molecule has 1 atom stereocenters. The third-order valence-electron chi connectivity index (χ3n) is 4.74. The molecule has 0 saturated carbocycles. The zero-order chi connectivity index (χ0) is 19.1. The Labute approximate surface area is 156 Å². The smallest absolute Gasteiger partial charge is 0.289 e. The van der Waals surface area contributed by atoms with E-state index in [1.54, 1.807) is 64.1 Å². The number of benzene rings is 1. The maximum Gasteiger partial charge on any atom is 0.289 e. The monoisotopic (exact) mass is 376 g/mol. The fourth-order valence-corrected chi connectivity index (χ4v) is 3.31. The van der Waals surface area contributed by atoms with Crippen molar-refractivity contribution >= 4 is 28.7 Å². The van der Waals surface area contributed by atoms with Gasteiger partial charge >= 0.3 is 0 Å². The highest BCUT2D eigenvalue weighted by Crippen LogP contribution is 2.36. The zero-order valence-corrected chi connectivity index (χ0v) is 15.8. The van der Waals surface area contributed by atoms with Gasteiger partial charge in [0.05, 0.1) is 12.0 Å². The Morgan fingerprint density at radius 3 is 2.65 bits per heavy atom. The predicted molar refractivity (Wildman–Crippen MR) is 101 cm³/mol. The van der Waals surface area contributed by atoms with Gasteiger partial charge < -0.3 is 14.8 Å². The molecule has 1 aliphatic rings. The lowest BCUT2D eigenvalue weighted by molar-refractivity contribution is -0.560. The van der Waals surface area contributed by atoms with Gasteiger partial charge in [0.25, 0.3) is 11.4 Å². The number of halogens is 1. The summed E-state index contributed by atoms with van der Waals surface area (Å²) in [4.78, 5) is 0. The molecule has 2 heterocycles. The Morgan fingerprint density at radius 2 is 2.04 bits per heavy atom. The summed E-state index contributed by atoms with van der Waals surface area (Å²) in [6.45, 7) is 6.78. The molecule has 0 saturated heterocycles. The second-order valence-electron chi connectivity index (χ2n) is 6.83. The average molecular weight is 377 g/mol. The summed E-state index contributed by atoms with van der Waals surface area (Å²) in [7, 11) is 0. The van der Waals surface area contributed by atoms with Crippen LogP contribution in [0.15, 0.2) is 52.2 Å². The Kier molecular flexibility index (Phi) is 4.56. The highest BCUT2D eigenvalue weighted by molar-refractivity contribution is 6.30. The van der Waals surface area contributed by atoms with E-state index < -0.39 is 11.2 Å². The molecule has 0 unspecified atom stereocenters. The minimum atomic E-state index is -1.41. The molecule has 7 nitrogen and oxygen atoms in total. The minimum Gasteiger partial charge on any atom is -0.622 e. The van der Waals surface area contributed by atoms with Crippen molar-refractivity contribution in [1.82, 2.24) is 5.06 Å². The van der Waals surface area contributed by atoms with Crippen molar-refractivity contribution in [3.63, 3.8) is 0 Å². The van der Waals surface area contributed by atoms with Crippen molar-refractivity contribution in [2.45, 2.75) is 38.9 Å². The Hall–Kier alpha value is -2.35. The molecule has 0 fully saturated rings. The van der Waals surface area contributed by atoms with E-state index in [2.05, 4.69) is 10.5 Å². The summed E-state index contributed by atoms with van der Waals surface area (Å²) in [5.74, 6) is 0.406. The van der Waals surface area contributed by atoms with Gasteiger partial charge in [0.1, 0.15) is 11.3 Å². The van der Waals surface area contributed by atoms with E-state index in [4.69, 9.17) is 16.0 Å². The number of hydrogen-bond acceptors (Lipinski definition) is 6.